The minimum atomic E-state index is 0.907. The predicted octanol–water partition coefficient (Wildman–Crippen LogP) is 1.15. The monoisotopic (exact) mass is 211 g/mol. The van der Waals surface area contributed by atoms with Crippen LogP contribution in [-0.4, -0.2) is 24.6 Å². The van der Waals surface area contributed by atoms with E-state index in [1.165, 1.54) is 30.1 Å². The van der Waals surface area contributed by atoms with Crippen LogP contribution in [0.15, 0.2) is 5.51 Å². The summed E-state index contributed by atoms with van der Waals surface area (Å²) < 4.78 is 0. The maximum atomic E-state index is 4.23. The van der Waals surface area contributed by atoms with E-state index in [1.54, 1.807) is 11.3 Å². The summed E-state index contributed by atoms with van der Waals surface area (Å²) in [5, 5.41) is 6.76. The van der Waals surface area contributed by atoms with E-state index in [1.807, 2.05) is 5.51 Å². The molecule has 0 saturated carbocycles. The Bertz CT molecular complexity index is 281. The van der Waals surface area contributed by atoms with Gasteiger partial charge >= 0.3 is 0 Å². The molecule has 0 radical (unpaired) electrons. The number of rotatable bonds is 5. The van der Waals surface area contributed by atoms with Crippen LogP contribution in [0, 0.1) is 12.8 Å². The summed E-state index contributed by atoms with van der Waals surface area (Å²) in [7, 11) is 0. The highest BCUT2D eigenvalue weighted by Crippen LogP contribution is 2.11. The average molecular weight is 211 g/mol. The maximum absolute atomic E-state index is 4.23. The van der Waals surface area contributed by atoms with Crippen molar-refractivity contribution in [1.29, 1.82) is 0 Å². The Kier molecular flexibility index (Phi) is 3.50. The molecule has 0 aromatic carbocycles. The van der Waals surface area contributed by atoms with Crippen LogP contribution < -0.4 is 10.6 Å². The predicted molar refractivity (Wildman–Crippen MR) is 59.5 cm³/mol. The molecule has 1 aromatic rings. The molecule has 1 aliphatic rings. The van der Waals surface area contributed by atoms with Crippen molar-refractivity contribution >= 4 is 11.3 Å². The molecule has 0 aliphatic carbocycles. The van der Waals surface area contributed by atoms with E-state index in [-0.39, 0.29) is 0 Å². The highest BCUT2D eigenvalue weighted by Gasteiger charge is 2.15. The van der Waals surface area contributed by atoms with Gasteiger partial charge in [0, 0.05) is 11.4 Å². The lowest BCUT2D eigenvalue weighted by molar-refractivity contribution is 0.322. The van der Waals surface area contributed by atoms with E-state index in [2.05, 4.69) is 22.5 Å². The molecule has 78 valence electrons. The summed E-state index contributed by atoms with van der Waals surface area (Å²) >= 11 is 1.74. The molecule has 1 saturated heterocycles. The van der Waals surface area contributed by atoms with E-state index in [4.69, 9.17) is 0 Å². The molecule has 4 heteroatoms. The number of hydrogen-bond acceptors (Lipinski definition) is 4. The third-order valence-corrected chi connectivity index (χ3v) is 3.66. The van der Waals surface area contributed by atoms with Crippen LogP contribution in [0.4, 0.5) is 0 Å². The van der Waals surface area contributed by atoms with Gasteiger partial charge in [0.25, 0.3) is 0 Å². The molecule has 3 nitrogen and oxygen atoms in total. The minimum Gasteiger partial charge on any atom is -0.316 e. The van der Waals surface area contributed by atoms with E-state index in [0.717, 1.165) is 19.0 Å². The van der Waals surface area contributed by atoms with Crippen molar-refractivity contribution in [3.8, 4) is 0 Å². The van der Waals surface area contributed by atoms with Crippen molar-refractivity contribution in [3.05, 3.63) is 16.1 Å². The Morgan fingerprint density at radius 2 is 2.50 bits per heavy atom. The number of nitrogens with one attached hydrogen (secondary N) is 2. The lowest BCUT2D eigenvalue weighted by Crippen LogP contribution is -2.43. The molecule has 0 spiro atoms. The van der Waals surface area contributed by atoms with Gasteiger partial charge in [-0.05, 0) is 38.9 Å². The summed E-state index contributed by atoms with van der Waals surface area (Å²) in [5.41, 5.74) is 3.09. The average Bonchev–Trinajstić information content (AvgIpc) is 2.48. The Labute approximate surface area is 88.9 Å². The van der Waals surface area contributed by atoms with Crippen LogP contribution in [0.25, 0.3) is 0 Å². The van der Waals surface area contributed by atoms with Crippen LogP contribution >= 0.6 is 11.3 Å². The maximum Gasteiger partial charge on any atom is 0.0798 e. The first-order chi connectivity index (χ1) is 6.86. The molecule has 0 amide bonds. The van der Waals surface area contributed by atoms with Gasteiger partial charge in [-0.3, -0.25) is 0 Å². The van der Waals surface area contributed by atoms with Gasteiger partial charge < -0.3 is 10.6 Å². The highest BCUT2D eigenvalue weighted by molar-refractivity contribution is 7.09. The van der Waals surface area contributed by atoms with Crippen LogP contribution in [-0.2, 0) is 6.54 Å². The molecule has 2 N–H and O–H groups in total. The van der Waals surface area contributed by atoms with Gasteiger partial charge in [0.15, 0.2) is 0 Å². The first kappa shape index (κ1) is 10.1. The van der Waals surface area contributed by atoms with E-state index in [0.29, 0.717) is 0 Å². The summed E-state index contributed by atoms with van der Waals surface area (Å²) in [6.45, 7) is 6.60. The molecule has 0 atom stereocenters. The molecule has 14 heavy (non-hydrogen) atoms. The number of thiazole rings is 1. The van der Waals surface area contributed by atoms with Crippen molar-refractivity contribution in [2.24, 2.45) is 5.92 Å². The molecular weight excluding hydrogens is 194 g/mol. The molecule has 2 heterocycles. The fourth-order valence-electron chi connectivity index (χ4n) is 1.56. The van der Waals surface area contributed by atoms with Crippen molar-refractivity contribution in [2.75, 3.05) is 19.6 Å². The van der Waals surface area contributed by atoms with Crippen molar-refractivity contribution in [1.82, 2.24) is 15.6 Å². The third kappa shape index (κ3) is 2.53. The zero-order valence-corrected chi connectivity index (χ0v) is 9.36. The van der Waals surface area contributed by atoms with Gasteiger partial charge in [-0.1, -0.05) is 0 Å². The SMILES string of the molecule is Cc1ncsc1CNCCC1CNC1. The van der Waals surface area contributed by atoms with Crippen molar-refractivity contribution in [2.45, 2.75) is 19.9 Å². The van der Waals surface area contributed by atoms with Crippen molar-refractivity contribution < 1.29 is 0 Å². The van der Waals surface area contributed by atoms with Gasteiger partial charge in [-0.2, -0.15) is 0 Å². The van der Waals surface area contributed by atoms with E-state index in [9.17, 15) is 0 Å². The number of aromatic nitrogens is 1. The topological polar surface area (TPSA) is 37.0 Å². The molecule has 1 fully saturated rings. The normalized spacial score (nSPS) is 16.9. The molecular formula is C10H17N3S. The second-order valence-electron chi connectivity index (χ2n) is 3.85. The molecule has 1 aromatic heterocycles. The zero-order valence-electron chi connectivity index (χ0n) is 8.55. The molecule has 2 rings (SSSR count). The Hall–Kier alpha value is -0.450. The standard InChI is InChI=1S/C10H17N3S/c1-8-10(14-7-13-8)6-11-3-2-9-4-12-5-9/h7,9,11-12H,2-6H2,1H3. The van der Waals surface area contributed by atoms with Gasteiger partial charge in [0.05, 0.1) is 11.2 Å². The lowest BCUT2D eigenvalue weighted by atomic mass is 10.00. The number of nitrogens with zero attached hydrogens (tertiary/aromatic N) is 1. The summed E-state index contributed by atoms with van der Waals surface area (Å²) in [5.74, 6) is 0.907. The fourth-order valence-corrected chi connectivity index (χ4v) is 2.30. The largest absolute Gasteiger partial charge is 0.316 e. The fraction of sp³-hybridized carbons (Fsp3) is 0.700. The van der Waals surface area contributed by atoms with Crippen LogP contribution in [0.5, 0.6) is 0 Å². The first-order valence-corrected chi connectivity index (χ1v) is 6.04. The Balaban J connectivity index is 1.60. The highest BCUT2D eigenvalue weighted by atomic mass is 32.1. The Morgan fingerprint density at radius 1 is 1.64 bits per heavy atom. The summed E-state index contributed by atoms with van der Waals surface area (Å²) in [6, 6.07) is 0. The number of aryl methyl sites for hydroxylation is 1. The van der Waals surface area contributed by atoms with Crippen molar-refractivity contribution in [3.63, 3.8) is 0 Å². The molecule has 0 bridgehead atoms. The number of hydrogen-bond donors (Lipinski definition) is 2. The van der Waals surface area contributed by atoms with Gasteiger partial charge in [0.2, 0.25) is 0 Å². The van der Waals surface area contributed by atoms with E-state index < -0.39 is 0 Å². The minimum absolute atomic E-state index is 0.907. The summed E-state index contributed by atoms with van der Waals surface area (Å²) in [4.78, 5) is 5.60. The lowest BCUT2D eigenvalue weighted by Gasteiger charge is -2.26. The van der Waals surface area contributed by atoms with Crippen LogP contribution in [0.1, 0.15) is 17.0 Å². The van der Waals surface area contributed by atoms with Crippen LogP contribution in [0.3, 0.4) is 0 Å². The quantitative estimate of drug-likeness (QED) is 0.717. The Morgan fingerprint density at radius 3 is 3.07 bits per heavy atom. The second-order valence-corrected chi connectivity index (χ2v) is 4.79. The van der Waals surface area contributed by atoms with Gasteiger partial charge in [-0.15, -0.1) is 11.3 Å². The van der Waals surface area contributed by atoms with Gasteiger partial charge in [-0.25, -0.2) is 4.98 Å². The molecule has 0 unspecified atom stereocenters. The van der Waals surface area contributed by atoms with E-state index >= 15 is 0 Å². The first-order valence-electron chi connectivity index (χ1n) is 5.16. The summed E-state index contributed by atoms with van der Waals surface area (Å²) in [6.07, 6.45) is 1.30. The smallest absolute Gasteiger partial charge is 0.0798 e. The zero-order chi connectivity index (χ0) is 9.80. The van der Waals surface area contributed by atoms with Crippen LogP contribution in [0.2, 0.25) is 0 Å². The molecule has 1 aliphatic heterocycles. The second kappa shape index (κ2) is 4.87. The third-order valence-electron chi connectivity index (χ3n) is 2.73. The van der Waals surface area contributed by atoms with Gasteiger partial charge in [0.1, 0.15) is 0 Å².